The maximum Gasteiger partial charge on any atom is 0.219 e. The Kier molecular flexibility index (Phi) is 3.73. The van der Waals surface area contributed by atoms with Crippen LogP contribution in [0.4, 0.5) is 0 Å². The Bertz CT molecular complexity index is 480. The molecule has 0 fully saturated rings. The number of hydrogen-bond acceptors (Lipinski definition) is 3. The highest BCUT2D eigenvalue weighted by molar-refractivity contribution is 5.31. The molecule has 3 nitrogen and oxygen atoms in total. The molecule has 0 N–H and O–H groups in total. The van der Waals surface area contributed by atoms with E-state index in [4.69, 9.17) is 9.47 Å². The average molecular weight is 229 g/mol. The normalized spacial score (nSPS) is 10.2. The zero-order valence-electron chi connectivity index (χ0n) is 10.0. The van der Waals surface area contributed by atoms with Crippen LogP contribution < -0.4 is 4.74 Å². The molecule has 0 saturated heterocycles. The SMILES string of the molecule is COCc1cccc(Oc2ccc(C)cn2)c1. The zero-order chi connectivity index (χ0) is 12.1. The Morgan fingerprint density at radius 3 is 2.76 bits per heavy atom. The molecule has 0 bridgehead atoms. The van der Waals surface area contributed by atoms with Gasteiger partial charge < -0.3 is 9.47 Å². The summed E-state index contributed by atoms with van der Waals surface area (Å²) in [6.07, 6.45) is 1.79. The van der Waals surface area contributed by atoms with Gasteiger partial charge in [-0.15, -0.1) is 0 Å². The van der Waals surface area contributed by atoms with Crippen LogP contribution in [0.2, 0.25) is 0 Å². The molecule has 3 heteroatoms. The largest absolute Gasteiger partial charge is 0.439 e. The summed E-state index contributed by atoms with van der Waals surface area (Å²) in [4.78, 5) is 4.20. The fourth-order valence-corrected chi connectivity index (χ4v) is 1.50. The molecular weight excluding hydrogens is 214 g/mol. The Morgan fingerprint density at radius 2 is 2.06 bits per heavy atom. The van der Waals surface area contributed by atoms with E-state index >= 15 is 0 Å². The average Bonchev–Trinajstić information content (AvgIpc) is 2.33. The first kappa shape index (κ1) is 11.6. The van der Waals surface area contributed by atoms with Gasteiger partial charge in [0.25, 0.3) is 0 Å². The first-order chi connectivity index (χ1) is 8.28. The summed E-state index contributed by atoms with van der Waals surface area (Å²) in [5.74, 6) is 1.38. The topological polar surface area (TPSA) is 31.4 Å². The van der Waals surface area contributed by atoms with Gasteiger partial charge >= 0.3 is 0 Å². The van der Waals surface area contributed by atoms with Gasteiger partial charge in [-0.05, 0) is 30.2 Å². The summed E-state index contributed by atoms with van der Waals surface area (Å²) in [7, 11) is 1.68. The second kappa shape index (κ2) is 5.46. The van der Waals surface area contributed by atoms with E-state index in [9.17, 15) is 0 Å². The number of ether oxygens (including phenoxy) is 2. The van der Waals surface area contributed by atoms with Crippen molar-refractivity contribution in [2.24, 2.45) is 0 Å². The number of rotatable bonds is 4. The van der Waals surface area contributed by atoms with Gasteiger partial charge in [0, 0.05) is 19.4 Å². The molecule has 2 aromatic rings. The van der Waals surface area contributed by atoms with Crippen molar-refractivity contribution in [3.05, 3.63) is 53.7 Å². The summed E-state index contributed by atoms with van der Waals surface area (Å²) in [6, 6.07) is 11.6. The number of methoxy groups -OCH3 is 1. The lowest BCUT2D eigenvalue weighted by Gasteiger charge is -2.06. The van der Waals surface area contributed by atoms with Crippen molar-refractivity contribution in [2.45, 2.75) is 13.5 Å². The molecule has 0 atom stereocenters. The molecule has 0 amide bonds. The van der Waals surface area contributed by atoms with Gasteiger partial charge in [-0.1, -0.05) is 18.2 Å². The Hall–Kier alpha value is -1.87. The van der Waals surface area contributed by atoms with Crippen LogP contribution >= 0.6 is 0 Å². The molecule has 2 rings (SSSR count). The van der Waals surface area contributed by atoms with Gasteiger partial charge in [-0.2, -0.15) is 0 Å². The van der Waals surface area contributed by atoms with Crippen molar-refractivity contribution in [3.63, 3.8) is 0 Å². The molecule has 0 aliphatic carbocycles. The maximum atomic E-state index is 5.65. The fourth-order valence-electron chi connectivity index (χ4n) is 1.50. The highest BCUT2D eigenvalue weighted by Crippen LogP contribution is 2.20. The molecule has 0 aliphatic heterocycles. The Morgan fingerprint density at radius 1 is 1.18 bits per heavy atom. The predicted octanol–water partition coefficient (Wildman–Crippen LogP) is 3.33. The van der Waals surface area contributed by atoms with E-state index in [0.29, 0.717) is 12.5 Å². The zero-order valence-corrected chi connectivity index (χ0v) is 10.0. The lowest BCUT2D eigenvalue weighted by Crippen LogP contribution is -1.91. The quantitative estimate of drug-likeness (QED) is 0.805. The molecule has 0 radical (unpaired) electrons. The van der Waals surface area contributed by atoms with Crippen molar-refractivity contribution in [2.75, 3.05) is 7.11 Å². The van der Waals surface area contributed by atoms with Crippen molar-refractivity contribution in [1.82, 2.24) is 4.98 Å². The van der Waals surface area contributed by atoms with E-state index in [2.05, 4.69) is 4.98 Å². The summed E-state index contributed by atoms with van der Waals surface area (Å²) in [5, 5.41) is 0. The smallest absolute Gasteiger partial charge is 0.219 e. The van der Waals surface area contributed by atoms with Gasteiger partial charge in [0.05, 0.1) is 6.61 Å². The van der Waals surface area contributed by atoms with Gasteiger partial charge in [0.2, 0.25) is 5.88 Å². The van der Waals surface area contributed by atoms with Crippen LogP contribution in [0, 0.1) is 6.92 Å². The lowest BCUT2D eigenvalue weighted by molar-refractivity contribution is 0.184. The van der Waals surface area contributed by atoms with Crippen molar-refractivity contribution in [1.29, 1.82) is 0 Å². The van der Waals surface area contributed by atoms with E-state index in [1.54, 1.807) is 13.3 Å². The van der Waals surface area contributed by atoms with Crippen LogP contribution in [0.5, 0.6) is 11.6 Å². The third-order valence-corrected chi connectivity index (χ3v) is 2.32. The minimum absolute atomic E-state index is 0.582. The van der Waals surface area contributed by atoms with Crippen LogP contribution in [0.15, 0.2) is 42.6 Å². The van der Waals surface area contributed by atoms with Crippen LogP contribution in [0.3, 0.4) is 0 Å². The van der Waals surface area contributed by atoms with Crippen LogP contribution in [-0.4, -0.2) is 12.1 Å². The minimum atomic E-state index is 0.582. The predicted molar refractivity (Wildman–Crippen MR) is 66.2 cm³/mol. The van der Waals surface area contributed by atoms with E-state index < -0.39 is 0 Å². The number of hydrogen-bond donors (Lipinski definition) is 0. The highest BCUT2D eigenvalue weighted by Gasteiger charge is 1.99. The first-order valence-corrected chi connectivity index (χ1v) is 5.46. The molecular formula is C14H15NO2. The molecule has 1 heterocycles. The minimum Gasteiger partial charge on any atom is -0.439 e. The van der Waals surface area contributed by atoms with E-state index in [1.165, 1.54) is 0 Å². The van der Waals surface area contributed by atoms with E-state index in [1.807, 2.05) is 43.3 Å². The van der Waals surface area contributed by atoms with Gasteiger partial charge in [0.15, 0.2) is 0 Å². The van der Waals surface area contributed by atoms with Crippen molar-refractivity contribution < 1.29 is 9.47 Å². The second-order valence-corrected chi connectivity index (χ2v) is 3.86. The molecule has 17 heavy (non-hydrogen) atoms. The lowest BCUT2D eigenvalue weighted by atomic mass is 10.2. The molecule has 88 valence electrons. The number of benzene rings is 1. The van der Waals surface area contributed by atoms with Gasteiger partial charge in [0.1, 0.15) is 5.75 Å². The van der Waals surface area contributed by atoms with Crippen molar-refractivity contribution in [3.8, 4) is 11.6 Å². The van der Waals surface area contributed by atoms with Crippen molar-refractivity contribution >= 4 is 0 Å². The number of pyridine rings is 1. The molecule has 0 spiro atoms. The molecule has 1 aromatic carbocycles. The number of nitrogens with zero attached hydrogens (tertiary/aromatic N) is 1. The molecule has 0 saturated carbocycles. The summed E-state index contributed by atoms with van der Waals surface area (Å²) < 4.78 is 10.7. The molecule has 0 unspecified atom stereocenters. The highest BCUT2D eigenvalue weighted by atomic mass is 16.5. The van der Waals surface area contributed by atoms with E-state index in [-0.39, 0.29) is 0 Å². The van der Waals surface area contributed by atoms with Gasteiger partial charge in [-0.25, -0.2) is 4.98 Å². The van der Waals surface area contributed by atoms with Crippen LogP contribution in [0.1, 0.15) is 11.1 Å². The Balaban J connectivity index is 2.12. The van der Waals surface area contributed by atoms with Crippen LogP contribution in [0.25, 0.3) is 0 Å². The fraction of sp³-hybridized carbons (Fsp3) is 0.214. The molecule has 0 aliphatic rings. The second-order valence-electron chi connectivity index (χ2n) is 3.86. The third-order valence-electron chi connectivity index (χ3n) is 2.32. The summed E-state index contributed by atoms with van der Waals surface area (Å²) in [5.41, 5.74) is 2.20. The third kappa shape index (κ3) is 3.29. The Labute approximate surface area is 101 Å². The molecule has 1 aromatic heterocycles. The standard InChI is InChI=1S/C14H15NO2/c1-11-6-7-14(15-9-11)17-13-5-3-4-12(8-13)10-16-2/h3-9H,10H2,1-2H3. The monoisotopic (exact) mass is 229 g/mol. The van der Waals surface area contributed by atoms with Crippen LogP contribution in [-0.2, 0) is 11.3 Å². The number of aryl methyl sites for hydroxylation is 1. The number of aromatic nitrogens is 1. The van der Waals surface area contributed by atoms with E-state index in [0.717, 1.165) is 16.9 Å². The summed E-state index contributed by atoms with van der Waals surface area (Å²) in [6.45, 7) is 2.58. The maximum absolute atomic E-state index is 5.65. The summed E-state index contributed by atoms with van der Waals surface area (Å²) >= 11 is 0. The van der Waals surface area contributed by atoms with Gasteiger partial charge in [-0.3, -0.25) is 0 Å². The first-order valence-electron chi connectivity index (χ1n) is 5.46.